The van der Waals surface area contributed by atoms with Gasteiger partial charge in [0.2, 0.25) is 0 Å². The molecule has 0 amide bonds. The van der Waals surface area contributed by atoms with Gasteiger partial charge in [0.1, 0.15) is 0 Å². The summed E-state index contributed by atoms with van der Waals surface area (Å²) in [6, 6.07) is 3.28. The fraction of sp³-hybridized carbons (Fsp3) is 0.500. The number of benzene rings is 1. The van der Waals surface area contributed by atoms with Crippen molar-refractivity contribution in [3.63, 3.8) is 0 Å². The molecule has 0 aliphatic carbocycles. The number of hydrogen-bond acceptors (Lipinski definition) is 2. The van der Waals surface area contributed by atoms with Crippen LogP contribution in [0.4, 0.5) is 8.78 Å². The highest BCUT2D eigenvalue weighted by atomic mass is 32.2. The van der Waals surface area contributed by atoms with Gasteiger partial charge in [-0.3, -0.25) is 9.00 Å². The van der Waals surface area contributed by atoms with E-state index in [-0.39, 0.29) is 27.8 Å². The zero-order valence-corrected chi connectivity index (χ0v) is 11.1. The minimum absolute atomic E-state index is 0.109. The average Bonchev–Trinajstić information content (AvgIpc) is 2.64. The van der Waals surface area contributed by atoms with Gasteiger partial charge in [-0.05, 0) is 43.9 Å². The maximum absolute atomic E-state index is 13.2. The molecule has 0 spiro atoms. The van der Waals surface area contributed by atoms with Crippen molar-refractivity contribution in [3.8, 4) is 0 Å². The van der Waals surface area contributed by atoms with E-state index < -0.39 is 22.4 Å². The molecule has 0 aromatic heterocycles. The number of halogens is 2. The molecule has 2 aliphatic heterocycles. The first-order valence-corrected chi connectivity index (χ1v) is 7.72. The first-order chi connectivity index (χ1) is 9.06. The van der Waals surface area contributed by atoms with E-state index in [0.29, 0.717) is 12.8 Å². The molecule has 1 aromatic carbocycles. The van der Waals surface area contributed by atoms with E-state index in [0.717, 1.165) is 25.0 Å². The maximum atomic E-state index is 13.2. The summed E-state index contributed by atoms with van der Waals surface area (Å²) in [5.74, 6) is -2.28. The minimum Gasteiger partial charge on any atom is -0.294 e. The smallest absolute Gasteiger partial charge is 0.166 e. The lowest BCUT2D eigenvalue weighted by molar-refractivity contribution is 0.0905. The lowest BCUT2D eigenvalue weighted by atomic mass is 9.90. The van der Waals surface area contributed by atoms with E-state index in [1.807, 2.05) is 0 Å². The monoisotopic (exact) mass is 284 g/mol. The Morgan fingerprint density at radius 3 is 2.32 bits per heavy atom. The molecule has 19 heavy (non-hydrogen) atoms. The van der Waals surface area contributed by atoms with E-state index in [9.17, 15) is 17.8 Å². The highest BCUT2D eigenvalue weighted by Gasteiger charge is 2.42. The number of carbonyl (C=O) groups excluding carboxylic acids is 1. The fourth-order valence-corrected chi connectivity index (χ4v) is 5.26. The van der Waals surface area contributed by atoms with E-state index in [2.05, 4.69) is 0 Å². The van der Waals surface area contributed by atoms with Crippen LogP contribution >= 0.6 is 0 Å². The quantitative estimate of drug-likeness (QED) is 0.783. The second kappa shape index (κ2) is 4.78. The summed E-state index contributed by atoms with van der Waals surface area (Å²) in [5.41, 5.74) is 0.219. The molecule has 0 radical (unpaired) electrons. The Balaban J connectivity index is 1.81. The van der Waals surface area contributed by atoms with Crippen LogP contribution in [0.25, 0.3) is 0 Å². The van der Waals surface area contributed by atoms with Gasteiger partial charge in [0.15, 0.2) is 17.4 Å². The third kappa shape index (κ3) is 2.24. The van der Waals surface area contributed by atoms with Gasteiger partial charge >= 0.3 is 0 Å². The van der Waals surface area contributed by atoms with E-state index in [1.54, 1.807) is 0 Å². The number of fused-ring (bicyclic) bond motifs is 2. The molecule has 3 rings (SSSR count). The van der Waals surface area contributed by atoms with Crippen LogP contribution in [0.1, 0.15) is 36.0 Å². The van der Waals surface area contributed by atoms with Gasteiger partial charge in [-0.25, -0.2) is 8.78 Å². The molecule has 2 atom stereocenters. The van der Waals surface area contributed by atoms with Crippen molar-refractivity contribution < 1.29 is 17.8 Å². The summed E-state index contributed by atoms with van der Waals surface area (Å²) < 4.78 is 37.9. The van der Waals surface area contributed by atoms with E-state index >= 15 is 0 Å². The Morgan fingerprint density at radius 2 is 1.74 bits per heavy atom. The van der Waals surface area contributed by atoms with Gasteiger partial charge in [0, 0.05) is 32.8 Å². The predicted molar refractivity (Wildman–Crippen MR) is 68.4 cm³/mol. The Morgan fingerprint density at radius 1 is 1.11 bits per heavy atom. The molecule has 2 bridgehead atoms. The zero-order valence-electron chi connectivity index (χ0n) is 10.3. The van der Waals surface area contributed by atoms with Gasteiger partial charge in [-0.15, -0.1) is 0 Å². The normalized spacial score (nSPS) is 33.4. The number of Topliss-reactive ketones (excluding diaryl/α,β-unsaturated/α-hetero) is 1. The SMILES string of the molecule is O=C(c1ccc(F)c(F)c1)C1CC2CCC(C1)S2=O. The molecule has 2 saturated heterocycles. The van der Waals surface area contributed by atoms with Crippen molar-refractivity contribution in [3.05, 3.63) is 35.4 Å². The van der Waals surface area contributed by atoms with E-state index in [1.165, 1.54) is 6.07 Å². The van der Waals surface area contributed by atoms with Gasteiger partial charge in [0.25, 0.3) is 0 Å². The van der Waals surface area contributed by atoms with Crippen LogP contribution in [0.2, 0.25) is 0 Å². The first-order valence-electron chi connectivity index (χ1n) is 6.45. The van der Waals surface area contributed by atoms with Crippen LogP contribution in [0, 0.1) is 17.6 Å². The standard InChI is InChI=1S/C14H14F2O2S/c15-12-4-1-8(7-13(12)16)14(17)9-5-10-2-3-11(6-9)19(10)18/h1,4,7,9-11H,2-3,5-6H2. The van der Waals surface area contributed by atoms with Crippen LogP contribution in [0.5, 0.6) is 0 Å². The molecule has 0 N–H and O–H groups in total. The van der Waals surface area contributed by atoms with Crippen molar-refractivity contribution in [2.24, 2.45) is 5.92 Å². The van der Waals surface area contributed by atoms with Gasteiger partial charge in [0.05, 0.1) is 0 Å². The van der Waals surface area contributed by atoms with Crippen LogP contribution < -0.4 is 0 Å². The van der Waals surface area contributed by atoms with Crippen molar-refractivity contribution in [1.29, 1.82) is 0 Å². The fourth-order valence-electron chi connectivity index (χ4n) is 3.13. The predicted octanol–water partition coefficient (Wildman–Crippen LogP) is 2.84. The Bertz CT molecular complexity index is 542. The molecule has 2 unspecified atom stereocenters. The Hall–Kier alpha value is -1.10. The van der Waals surface area contributed by atoms with Gasteiger partial charge in [-0.2, -0.15) is 0 Å². The number of hydrogen-bond donors (Lipinski definition) is 0. The molecule has 2 nitrogen and oxygen atoms in total. The van der Waals surface area contributed by atoms with Crippen molar-refractivity contribution in [1.82, 2.24) is 0 Å². The van der Waals surface area contributed by atoms with Crippen LogP contribution in [0.15, 0.2) is 18.2 Å². The molecule has 5 heteroatoms. The number of rotatable bonds is 2. The van der Waals surface area contributed by atoms with Crippen LogP contribution in [0.3, 0.4) is 0 Å². The third-order valence-electron chi connectivity index (χ3n) is 4.14. The summed E-state index contributed by atoms with van der Waals surface area (Å²) in [7, 11) is -0.807. The number of ketones is 1. The molecule has 2 aliphatic rings. The highest BCUT2D eigenvalue weighted by Crippen LogP contribution is 2.39. The summed E-state index contributed by atoms with van der Waals surface area (Å²) in [6.45, 7) is 0. The van der Waals surface area contributed by atoms with E-state index in [4.69, 9.17) is 0 Å². The second-order valence-corrected chi connectivity index (χ2v) is 7.30. The lowest BCUT2D eigenvalue weighted by Gasteiger charge is -2.26. The first kappa shape index (κ1) is 12.9. The minimum atomic E-state index is -0.992. The second-order valence-electron chi connectivity index (χ2n) is 5.31. The largest absolute Gasteiger partial charge is 0.294 e. The lowest BCUT2D eigenvalue weighted by Crippen LogP contribution is -2.32. The summed E-state index contributed by atoms with van der Waals surface area (Å²) in [6.07, 6.45) is 3.06. The maximum Gasteiger partial charge on any atom is 0.166 e. The highest BCUT2D eigenvalue weighted by molar-refractivity contribution is 7.86. The Labute approximate surface area is 112 Å². The third-order valence-corrected chi connectivity index (χ3v) is 6.31. The van der Waals surface area contributed by atoms with Gasteiger partial charge in [-0.1, -0.05) is 0 Å². The summed E-state index contributed by atoms with van der Waals surface area (Å²) in [4.78, 5) is 12.3. The molecule has 102 valence electrons. The van der Waals surface area contributed by atoms with Crippen molar-refractivity contribution >= 4 is 16.6 Å². The van der Waals surface area contributed by atoms with Crippen LogP contribution in [-0.4, -0.2) is 20.5 Å². The molecule has 2 heterocycles. The zero-order chi connectivity index (χ0) is 13.6. The Kier molecular flexibility index (Phi) is 3.25. The van der Waals surface area contributed by atoms with Crippen LogP contribution in [-0.2, 0) is 10.8 Å². The summed E-state index contributed by atoms with van der Waals surface area (Å²) in [5, 5.41) is 0.219. The topological polar surface area (TPSA) is 34.1 Å². The number of carbonyl (C=O) groups is 1. The van der Waals surface area contributed by atoms with Crippen molar-refractivity contribution in [2.75, 3.05) is 0 Å². The molecule has 1 aromatic rings. The van der Waals surface area contributed by atoms with Crippen molar-refractivity contribution in [2.45, 2.75) is 36.2 Å². The van der Waals surface area contributed by atoms with Gasteiger partial charge < -0.3 is 0 Å². The molecule has 0 saturated carbocycles. The summed E-state index contributed by atoms with van der Waals surface area (Å²) >= 11 is 0. The average molecular weight is 284 g/mol. The molecule has 2 fully saturated rings. The molecular weight excluding hydrogens is 270 g/mol. The molecular formula is C14H14F2O2S.